The molecule has 32 heavy (non-hydrogen) atoms. The summed E-state index contributed by atoms with van der Waals surface area (Å²) >= 11 is 6.11. The normalized spacial score (nSPS) is 15.2. The van der Waals surface area contributed by atoms with Gasteiger partial charge < -0.3 is 9.73 Å². The van der Waals surface area contributed by atoms with E-state index in [2.05, 4.69) is 26.9 Å². The van der Waals surface area contributed by atoms with Gasteiger partial charge in [-0.15, -0.1) is 0 Å². The van der Waals surface area contributed by atoms with Crippen molar-refractivity contribution in [3.63, 3.8) is 0 Å². The minimum atomic E-state index is -0.214. The molecule has 0 fully saturated rings. The number of nitrogens with one attached hydrogen (secondary N) is 1. The number of anilines is 1. The second kappa shape index (κ2) is 8.68. The van der Waals surface area contributed by atoms with E-state index in [0.717, 1.165) is 16.8 Å². The lowest BCUT2D eigenvalue weighted by Crippen LogP contribution is -2.39. The van der Waals surface area contributed by atoms with E-state index < -0.39 is 0 Å². The highest BCUT2D eigenvalue weighted by atomic mass is 35.5. The topological polar surface area (TPSA) is 89.1 Å². The van der Waals surface area contributed by atoms with Gasteiger partial charge in [-0.25, -0.2) is 0 Å². The number of furan rings is 1. The van der Waals surface area contributed by atoms with Gasteiger partial charge >= 0.3 is 0 Å². The number of amides is 1. The van der Waals surface area contributed by atoms with Crippen LogP contribution >= 0.6 is 11.6 Å². The molecule has 0 unspecified atom stereocenters. The molecule has 0 bridgehead atoms. The zero-order chi connectivity index (χ0) is 21.9. The number of hydrogen-bond donors (Lipinski definition) is 1. The minimum Gasteiger partial charge on any atom is -0.467 e. The molecule has 2 aromatic carbocycles. The van der Waals surface area contributed by atoms with E-state index in [-0.39, 0.29) is 18.5 Å². The Bertz CT molecular complexity index is 1240. The van der Waals surface area contributed by atoms with Crippen LogP contribution in [0.25, 0.3) is 5.70 Å². The van der Waals surface area contributed by atoms with Crippen LogP contribution in [0, 0.1) is 0 Å². The molecule has 1 amide bonds. The average Bonchev–Trinajstić information content (AvgIpc) is 3.52. The monoisotopic (exact) mass is 446 g/mol. The number of hydrogen-bond acceptors (Lipinski definition) is 6. The lowest BCUT2D eigenvalue weighted by atomic mass is 10.0. The molecular weight excluding hydrogens is 428 g/mol. The molecule has 5 rings (SSSR count). The van der Waals surface area contributed by atoms with Crippen LogP contribution in [0.4, 0.5) is 5.95 Å². The maximum atomic E-state index is 12.8. The summed E-state index contributed by atoms with van der Waals surface area (Å²) in [5.41, 5.74) is 2.77. The number of nitrogens with zero attached hydrogens (tertiary/aromatic N) is 5. The molecule has 0 radical (unpaired) electrons. The van der Waals surface area contributed by atoms with E-state index >= 15 is 0 Å². The van der Waals surface area contributed by atoms with E-state index in [0.29, 0.717) is 23.3 Å². The number of fused-ring (bicyclic) bond motifs is 1. The first-order valence-electron chi connectivity index (χ1n) is 10.1. The van der Waals surface area contributed by atoms with Crippen molar-refractivity contribution < 1.29 is 9.21 Å². The third-order valence-corrected chi connectivity index (χ3v) is 5.46. The van der Waals surface area contributed by atoms with Crippen molar-refractivity contribution in [2.24, 2.45) is 0 Å². The zero-order valence-electron chi connectivity index (χ0n) is 16.9. The molecule has 0 saturated carbocycles. The smallest absolute Gasteiger partial charge is 0.251 e. The van der Waals surface area contributed by atoms with Crippen LogP contribution in [0.3, 0.4) is 0 Å². The summed E-state index contributed by atoms with van der Waals surface area (Å²) in [6.07, 6.45) is 3.63. The second-order valence-electron chi connectivity index (χ2n) is 7.28. The molecule has 0 spiro atoms. The largest absolute Gasteiger partial charge is 0.467 e. The fourth-order valence-corrected chi connectivity index (χ4v) is 3.81. The molecule has 160 valence electrons. The molecule has 1 N–H and O–H groups in total. The van der Waals surface area contributed by atoms with Gasteiger partial charge in [0, 0.05) is 5.02 Å². The van der Waals surface area contributed by atoms with Gasteiger partial charge in [0.25, 0.3) is 5.95 Å². The van der Waals surface area contributed by atoms with Crippen molar-refractivity contribution in [1.82, 2.24) is 25.5 Å². The number of allylic oxidation sites excluding steroid dienone is 1. The van der Waals surface area contributed by atoms with E-state index in [9.17, 15) is 4.79 Å². The maximum Gasteiger partial charge on any atom is 0.251 e. The summed E-state index contributed by atoms with van der Waals surface area (Å²) in [5, 5.41) is 15.8. The van der Waals surface area contributed by atoms with Crippen molar-refractivity contribution in [3.05, 3.63) is 101 Å². The first kappa shape index (κ1) is 20.0. The molecular formula is C23H19ClN6O2. The van der Waals surface area contributed by atoms with Crippen molar-refractivity contribution in [2.75, 3.05) is 11.4 Å². The summed E-state index contributed by atoms with van der Waals surface area (Å²) in [6.45, 7) is 0.342. The molecule has 9 heteroatoms. The highest BCUT2D eigenvalue weighted by molar-refractivity contribution is 6.30. The predicted octanol–water partition coefficient (Wildman–Crippen LogP) is 3.69. The predicted molar refractivity (Wildman–Crippen MR) is 120 cm³/mol. The van der Waals surface area contributed by atoms with Crippen LogP contribution in [0.15, 0.2) is 83.5 Å². The molecule has 4 aromatic rings. The van der Waals surface area contributed by atoms with Gasteiger partial charge in [0.15, 0.2) is 0 Å². The first-order valence-corrected chi connectivity index (χ1v) is 10.4. The maximum absolute atomic E-state index is 12.8. The van der Waals surface area contributed by atoms with Crippen molar-refractivity contribution in [1.29, 1.82) is 0 Å². The Kier molecular flexibility index (Phi) is 5.43. The van der Waals surface area contributed by atoms with E-state index in [1.165, 1.54) is 0 Å². The lowest BCUT2D eigenvalue weighted by Gasteiger charge is -2.32. The van der Waals surface area contributed by atoms with Gasteiger partial charge in [0.1, 0.15) is 18.3 Å². The third kappa shape index (κ3) is 4.00. The molecule has 2 aromatic heterocycles. The summed E-state index contributed by atoms with van der Waals surface area (Å²) in [5.74, 6) is 0.980. The Hall–Kier alpha value is -3.91. The Morgan fingerprint density at radius 1 is 1.06 bits per heavy atom. The van der Waals surface area contributed by atoms with Gasteiger partial charge in [-0.1, -0.05) is 59.2 Å². The number of halogens is 1. The van der Waals surface area contributed by atoms with Crippen LogP contribution in [0.1, 0.15) is 22.9 Å². The summed E-state index contributed by atoms with van der Waals surface area (Å²) in [7, 11) is 0. The number of tetrazole rings is 1. The number of carbonyl (C=O) groups excluding carboxylic acids is 1. The molecule has 8 nitrogen and oxygen atoms in total. The second-order valence-corrected chi connectivity index (χ2v) is 7.72. The van der Waals surface area contributed by atoms with Crippen LogP contribution in [0.5, 0.6) is 0 Å². The van der Waals surface area contributed by atoms with Gasteiger partial charge in [0.05, 0.1) is 18.5 Å². The molecule has 3 heterocycles. The molecule has 0 saturated heterocycles. The highest BCUT2D eigenvalue weighted by Gasteiger charge is 2.31. The fraction of sp³-hybridized carbons (Fsp3) is 0.130. The Balaban J connectivity index is 1.50. The van der Waals surface area contributed by atoms with E-state index in [4.69, 9.17) is 16.0 Å². The van der Waals surface area contributed by atoms with Crippen LogP contribution in [0.2, 0.25) is 5.02 Å². The number of rotatable bonds is 6. The molecule has 1 aliphatic rings. The van der Waals surface area contributed by atoms with Crippen LogP contribution < -0.4 is 10.2 Å². The lowest BCUT2D eigenvalue weighted by molar-refractivity contribution is -0.119. The zero-order valence-corrected chi connectivity index (χ0v) is 17.7. The molecule has 0 aliphatic carbocycles. The van der Waals surface area contributed by atoms with Gasteiger partial charge in [-0.2, -0.15) is 4.68 Å². The first-order chi connectivity index (χ1) is 15.7. The number of aromatic nitrogens is 4. The van der Waals surface area contributed by atoms with Crippen molar-refractivity contribution >= 4 is 29.2 Å². The fourth-order valence-electron chi connectivity index (χ4n) is 3.68. The average molecular weight is 447 g/mol. The van der Waals surface area contributed by atoms with Crippen molar-refractivity contribution in [3.8, 4) is 0 Å². The van der Waals surface area contributed by atoms with Gasteiger partial charge in [-0.05, 0) is 51.9 Å². The summed E-state index contributed by atoms with van der Waals surface area (Å²) < 4.78 is 7.01. The van der Waals surface area contributed by atoms with Crippen molar-refractivity contribution in [2.45, 2.75) is 12.6 Å². The van der Waals surface area contributed by atoms with Gasteiger partial charge in [0.2, 0.25) is 5.91 Å². The third-order valence-electron chi connectivity index (χ3n) is 5.21. The molecule has 1 aliphatic heterocycles. The molecule has 1 atom stereocenters. The number of benzene rings is 2. The standard InChI is InChI=1S/C23H19ClN6O2/c24-18-10-8-17(9-11-18)20-13-21(16-5-2-1-3-6-16)30-23(26-27-28-30)29(20)15-22(31)25-14-19-7-4-12-32-19/h1-13,21H,14-15H2,(H,25,31)/t21-/m0/s1. The SMILES string of the molecule is O=C(CN1C(c2ccc(Cl)cc2)=C[C@@H](c2ccccc2)n2nnnc21)NCc1ccco1. The number of carbonyl (C=O) groups is 1. The quantitative estimate of drug-likeness (QED) is 0.486. The Morgan fingerprint density at radius 2 is 1.88 bits per heavy atom. The van der Waals surface area contributed by atoms with Crippen LogP contribution in [-0.2, 0) is 11.3 Å². The Morgan fingerprint density at radius 3 is 2.62 bits per heavy atom. The Labute approximate surface area is 189 Å². The van der Waals surface area contributed by atoms with Crippen LogP contribution in [-0.4, -0.2) is 32.7 Å². The summed E-state index contributed by atoms with van der Waals surface area (Å²) in [6, 6.07) is 20.8. The van der Waals surface area contributed by atoms with Gasteiger partial charge in [-0.3, -0.25) is 9.69 Å². The summed E-state index contributed by atoms with van der Waals surface area (Å²) in [4.78, 5) is 14.6. The minimum absolute atomic E-state index is 0.0387. The van der Waals surface area contributed by atoms with E-state index in [1.54, 1.807) is 21.9 Å². The van der Waals surface area contributed by atoms with E-state index in [1.807, 2.05) is 60.7 Å². The highest BCUT2D eigenvalue weighted by Crippen LogP contribution is 2.36.